The number of hydrogen-bond acceptors (Lipinski definition) is 5. The fourth-order valence-electron chi connectivity index (χ4n) is 7.52. The monoisotopic (exact) mass is 464 g/mol. The summed E-state index contributed by atoms with van der Waals surface area (Å²) in [7, 11) is 0. The van der Waals surface area contributed by atoms with Gasteiger partial charge in [-0.2, -0.15) is 0 Å². The van der Waals surface area contributed by atoms with E-state index in [1.54, 1.807) is 26.8 Å². The van der Waals surface area contributed by atoms with Crippen molar-refractivity contribution in [3.8, 4) is 0 Å². The van der Waals surface area contributed by atoms with Gasteiger partial charge >= 0.3 is 5.97 Å². The lowest BCUT2D eigenvalue weighted by molar-refractivity contribution is -0.226. The van der Waals surface area contributed by atoms with Crippen LogP contribution < -0.4 is 0 Å². The Balaban J connectivity index is 1.84. The largest absolute Gasteiger partial charge is 0.449 e. The first-order valence-corrected chi connectivity index (χ1v) is 12.0. The number of esters is 1. The Morgan fingerprint density at radius 3 is 2.53 bits per heavy atom. The van der Waals surface area contributed by atoms with Gasteiger partial charge in [0.1, 0.15) is 0 Å². The summed E-state index contributed by atoms with van der Waals surface area (Å²) in [5.41, 5.74) is -4.87. The second kappa shape index (κ2) is 7.26. The summed E-state index contributed by atoms with van der Waals surface area (Å²) in [6.07, 6.45) is 4.57. The van der Waals surface area contributed by atoms with Gasteiger partial charge in [-0.05, 0) is 50.7 Å². The van der Waals surface area contributed by atoms with Crippen LogP contribution in [0.2, 0.25) is 0 Å². The number of aliphatic hydroxyl groups is 1. The van der Waals surface area contributed by atoms with E-state index in [9.17, 15) is 19.5 Å². The third kappa shape index (κ3) is 2.70. The van der Waals surface area contributed by atoms with E-state index in [1.165, 1.54) is 12.2 Å². The number of halogens is 1. The molecule has 8 atom stereocenters. The predicted octanol–water partition coefficient (Wildman–Crippen LogP) is 4.00. The Kier molecular flexibility index (Phi) is 5.37. The number of rotatable bonds is 3. The van der Waals surface area contributed by atoms with Crippen LogP contribution in [0, 0.1) is 34.5 Å². The summed E-state index contributed by atoms with van der Waals surface area (Å²) in [5, 5.41) is 10.8. The SMILES string of the molecule is CC(C)C(=O)O[C@]1(C(=O)S)[C@@H](C)C[C@H]2[C@@H]3CCC4=CC(=O)C=C[C@]4(C)[C@@]3(F)[C@@H](O)C[C@@]21C. The maximum atomic E-state index is 17.2. The normalized spacial score (nSPS) is 47.4. The van der Waals surface area contributed by atoms with Crippen molar-refractivity contribution < 1.29 is 28.6 Å². The van der Waals surface area contributed by atoms with Crippen LogP contribution in [-0.2, 0) is 19.1 Å². The fraction of sp³-hybridized carbons (Fsp3) is 0.720. The Morgan fingerprint density at radius 2 is 1.94 bits per heavy atom. The van der Waals surface area contributed by atoms with Crippen LogP contribution in [0.4, 0.5) is 4.39 Å². The van der Waals surface area contributed by atoms with Gasteiger partial charge in [0.15, 0.2) is 17.1 Å². The first-order valence-electron chi connectivity index (χ1n) is 11.5. The number of carbonyl (C=O) groups excluding carboxylic acids is 3. The molecule has 0 radical (unpaired) electrons. The summed E-state index contributed by atoms with van der Waals surface area (Å²) >= 11 is 4.17. The van der Waals surface area contributed by atoms with E-state index < -0.39 is 51.1 Å². The van der Waals surface area contributed by atoms with E-state index in [0.29, 0.717) is 24.8 Å². The first kappa shape index (κ1) is 23.7. The second-order valence-electron chi connectivity index (χ2n) is 11.0. The number of fused-ring (bicyclic) bond motifs is 5. The zero-order chi connectivity index (χ0) is 23.9. The molecule has 4 rings (SSSR count). The molecule has 0 amide bonds. The summed E-state index contributed by atoms with van der Waals surface area (Å²) in [4.78, 5) is 37.7. The highest BCUT2D eigenvalue weighted by atomic mass is 32.1. The highest BCUT2D eigenvalue weighted by Crippen LogP contribution is 2.71. The summed E-state index contributed by atoms with van der Waals surface area (Å²) < 4.78 is 23.1. The van der Waals surface area contributed by atoms with Gasteiger partial charge in [0.05, 0.1) is 12.0 Å². The van der Waals surface area contributed by atoms with Crippen LogP contribution in [0.5, 0.6) is 0 Å². The predicted molar refractivity (Wildman–Crippen MR) is 121 cm³/mol. The number of allylic oxidation sites excluding steroid dienone is 4. The molecule has 3 fully saturated rings. The van der Waals surface area contributed by atoms with Crippen molar-refractivity contribution in [2.24, 2.45) is 34.5 Å². The molecule has 0 aromatic rings. The minimum absolute atomic E-state index is 0.0304. The average Bonchev–Trinajstić information content (AvgIpc) is 2.91. The van der Waals surface area contributed by atoms with Gasteiger partial charge in [-0.3, -0.25) is 14.4 Å². The van der Waals surface area contributed by atoms with Gasteiger partial charge in [-0.1, -0.05) is 39.3 Å². The second-order valence-corrected chi connectivity index (χ2v) is 11.4. The Hall–Kier alpha value is -1.47. The van der Waals surface area contributed by atoms with Crippen LogP contribution in [0.25, 0.3) is 0 Å². The van der Waals surface area contributed by atoms with E-state index in [-0.39, 0.29) is 24.0 Å². The molecule has 0 aromatic heterocycles. The quantitative estimate of drug-likeness (QED) is 0.488. The molecule has 176 valence electrons. The van der Waals surface area contributed by atoms with Gasteiger partial charge in [0, 0.05) is 22.7 Å². The molecule has 1 N–H and O–H groups in total. The molecule has 0 saturated heterocycles. The lowest BCUT2D eigenvalue weighted by Crippen LogP contribution is -2.69. The number of ether oxygens (including phenoxy) is 1. The molecule has 0 bridgehead atoms. The third-order valence-corrected chi connectivity index (χ3v) is 9.56. The molecule has 0 aliphatic heterocycles. The number of ketones is 1. The highest BCUT2D eigenvalue weighted by Gasteiger charge is 2.77. The van der Waals surface area contributed by atoms with Crippen molar-refractivity contribution in [3.05, 3.63) is 23.8 Å². The maximum absolute atomic E-state index is 17.2. The smallest absolute Gasteiger partial charge is 0.309 e. The number of alkyl halides is 1. The van der Waals surface area contributed by atoms with Gasteiger partial charge < -0.3 is 9.84 Å². The van der Waals surface area contributed by atoms with Gasteiger partial charge in [0.2, 0.25) is 5.12 Å². The number of carbonyl (C=O) groups is 3. The fourth-order valence-corrected chi connectivity index (χ4v) is 8.05. The van der Waals surface area contributed by atoms with Gasteiger partial charge in [-0.25, -0.2) is 4.39 Å². The molecule has 3 saturated carbocycles. The van der Waals surface area contributed by atoms with Crippen LogP contribution in [0.3, 0.4) is 0 Å². The number of hydrogen-bond donors (Lipinski definition) is 2. The van der Waals surface area contributed by atoms with Crippen molar-refractivity contribution in [2.45, 2.75) is 77.7 Å². The topological polar surface area (TPSA) is 80.7 Å². The Labute approximate surface area is 194 Å². The van der Waals surface area contributed by atoms with E-state index in [1.807, 2.05) is 13.8 Å². The molecule has 4 aliphatic rings. The van der Waals surface area contributed by atoms with Crippen molar-refractivity contribution in [2.75, 3.05) is 0 Å². The van der Waals surface area contributed by atoms with Gasteiger partial charge in [0.25, 0.3) is 0 Å². The molecule has 5 nitrogen and oxygen atoms in total. The molecule has 32 heavy (non-hydrogen) atoms. The average molecular weight is 465 g/mol. The molecular weight excluding hydrogens is 431 g/mol. The minimum atomic E-state index is -1.99. The summed E-state index contributed by atoms with van der Waals surface area (Å²) in [6.45, 7) is 8.86. The number of aliphatic hydroxyl groups excluding tert-OH is 1. The third-order valence-electron chi connectivity index (χ3n) is 9.23. The van der Waals surface area contributed by atoms with Crippen molar-refractivity contribution in [1.82, 2.24) is 0 Å². The zero-order valence-corrected chi connectivity index (χ0v) is 20.2. The lowest BCUT2D eigenvalue weighted by Gasteiger charge is -2.62. The van der Waals surface area contributed by atoms with E-state index in [4.69, 9.17) is 4.74 Å². The van der Waals surface area contributed by atoms with E-state index in [0.717, 1.165) is 0 Å². The van der Waals surface area contributed by atoms with E-state index in [2.05, 4.69) is 12.6 Å². The van der Waals surface area contributed by atoms with Gasteiger partial charge in [-0.15, -0.1) is 12.6 Å². The van der Waals surface area contributed by atoms with Crippen LogP contribution in [0.15, 0.2) is 23.8 Å². The van der Waals surface area contributed by atoms with Crippen LogP contribution in [-0.4, -0.2) is 39.3 Å². The lowest BCUT2D eigenvalue weighted by atomic mass is 9.45. The molecule has 7 heteroatoms. The van der Waals surface area contributed by atoms with Crippen LogP contribution in [0.1, 0.15) is 60.3 Å². The number of thiol groups is 1. The van der Waals surface area contributed by atoms with E-state index >= 15 is 4.39 Å². The Morgan fingerprint density at radius 1 is 1.28 bits per heavy atom. The molecular formula is C25H33FO5S. The summed E-state index contributed by atoms with van der Waals surface area (Å²) in [5.74, 6) is -2.30. The van der Waals surface area contributed by atoms with Crippen LogP contribution >= 0.6 is 12.6 Å². The maximum Gasteiger partial charge on any atom is 0.309 e. The molecule has 0 aromatic carbocycles. The first-order chi connectivity index (χ1) is 14.8. The zero-order valence-electron chi connectivity index (χ0n) is 19.4. The molecule has 0 spiro atoms. The van der Waals surface area contributed by atoms with Crippen molar-refractivity contribution in [3.63, 3.8) is 0 Å². The van der Waals surface area contributed by atoms with Crippen molar-refractivity contribution in [1.29, 1.82) is 0 Å². The molecule has 0 heterocycles. The minimum Gasteiger partial charge on any atom is -0.449 e. The molecule has 0 unspecified atom stereocenters. The highest BCUT2D eigenvalue weighted by molar-refractivity contribution is 7.96. The standard InChI is InChI=1S/C25H33FO5S/c1-13(2)20(29)31-25(21(30)32)14(3)10-18-17-7-6-15-11-16(27)8-9-22(15,4)24(17,26)19(28)12-23(18,25)5/h8-9,11,13-14,17-19,28H,6-7,10,12H2,1-5H3,(H,30,32)/t14-,17-,18-,19-,22-,23-,24-,25-/m0/s1. The summed E-state index contributed by atoms with van der Waals surface area (Å²) in [6, 6.07) is 0. The van der Waals surface area contributed by atoms with Crippen molar-refractivity contribution >= 4 is 29.5 Å². The molecule has 4 aliphatic carbocycles. The Bertz CT molecular complexity index is 943.